The molecule has 4 aliphatic rings. The average molecular weight is 843 g/mol. The second kappa shape index (κ2) is 16.3. The minimum atomic E-state index is -0.895. The maximum absolute atomic E-state index is 13.4. The Kier molecular flexibility index (Phi) is 11.1. The molecule has 4 heterocycles. The monoisotopic (exact) mass is 842 g/mol. The van der Waals surface area contributed by atoms with Crippen molar-refractivity contribution >= 4 is 51.8 Å². The summed E-state index contributed by atoms with van der Waals surface area (Å²) < 4.78 is 7.40. The molecular formula is C46H47ClN8O6. The quantitative estimate of drug-likeness (QED) is 0.181. The third-order valence-electron chi connectivity index (χ3n) is 12.9. The van der Waals surface area contributed by atoms with Gasteiger partial charge < -0.3 is 19.9 Å². The van der Waals surface area contributed by atoms with Crippen LogP contribution in [0.4, 0.5) is 5.69 Å². The zero-order chi connectivity index (χ0) is 43.2. The standard InChI is InChI=1S/C46H47ClN8O6/c1-45(2)43(46(3,4)44(45)61-33-14-12-30(24-48)35(47)23-33)50-39(57)29-10-8-27(9-11-29)6-5-7-28-18-20-53(21-19-28)41(59)31-25-54(26-31)32-13-15-36-34(22-32)42(60)55(52-51-36)37-16-17-38(56)49-40(37)58/h8-15,22-23,28,31,37,43-44H,7,16-21,25-26H2,1-4H3,(H,50,57)(H,49,56,58). The minimum absolute atomic E-state index is 0.122. The predicted octanol–water partition coefficient (Wildman–Crippen LogP) is 5.02. The molecule has 1 saturated carbocycles. The molecule has 14 nitrogen and oxygen atoms in total. The lowest BCUT2D eigenvalue weighted by molar-refractivity contribution is -0.164. The first kappa shape index (κ1) is 41.5. The summed E-state index contributed by atoms with van der Waals surface area (Å²) in [4.78, 5) is 68.1. The molecule has 3 aromatic carbocycles. The van der Waals surface area contributed by atoms with Crippen LogP contribution < -0.4 is 25.8 Å². The first-order valence-corrected chi connectivity index (χ1v) is 21.0. The van der Waals surface area contributed by atoms with Gasteiger partial charge >= 0.3 is 0 Å². The van der Waals surface area contributed by atoms with Crippen molar-refractivity contribution in [1.29, 1.82) is 5.26 Å². The number of nitrogens with zero attached hydrogens (tertiary/aromatic N) is 6. The van der Waals surface area contributed by atoms with Crippen molar-refractivity contribution in [1.82, 2.24) is 30.5 Å². The van der Waals surface area contributed by atoms with Crippen LogP contribution >= 0.6 is 11.6 Å². The van der Waals surface area contributed by atoms with E-state index in [1.165, 1.54) is 0 Å². The van der Waals surface area contributed by atoms with Crippen LogP contribution in [0.5, 0.6) is 5.75 Å². The zero-order valence-corrected chi connectivity index (χ0v) is 35.3. The Morgan fingerprint density at radius 1 is 0.967 bits per heavy atom. The molecule has 3 aliphatic heterocycles. The van der Waals surface area contributed by atoms with Crippen LogP contribution in [0.25, 0.3) is 10.9 Å². The lowest BCUT2D eigenvalue weighted by Crippen LogP contribution is -2.74. The molecule has 314 valence electrons. The topological polar surface area (TPSA) is 180 Å². The molecule has 4 fully saturated rings. The number of imide groups is 1. The van der Waals surface area contributed by atoms with E-state index in [0.29, 0.717) is 64.9 Å². The molecule has 0 radical (unpaired) electrons. The molecule has 0 spiro atoms. The fourth-order valence-electron chi connectivity index (χ4n) is 9.63. The third kappa shape index (κ3) is 8.05. The Bertz CT molecular complexity index is 2580. The van der Waals surface area contributed by atoms with Crippen molar-refractivity contribution < 1.29 is 23.9 Å². The molecule has 1 aliphatic carbocycles. The van der Waals surface area contributed by atoms with Gasteiger partial charge in [0.1, 0.15) is 29.5 Å². The van der Waals surface area contributed by atoms with Gasteiger partial charge in [0.25, 0.3) is 17.4 Å². The van der Waals surface area contributed by atoms with Crippen LogP contribution in [0.3, 0.4) is 0 Å². The summed E-state index contributed by atoms with van der Waals surface area (Å²) in [7, 11) is 0. The first-order chi connectivity index (χ1) is 29.1. The maximum Gasteiger partial charge on any atom is 0.278 e. The maximum atomic E-state index is 13.4. The number of hydrogen-bond acceptors (Lipinski definition) is 10. The zero-order valence-electron chi connectivity index (χ0n) is 34.5. The summed E-state index contributed by atoms with van der Waals surface area (Å²) in [5, 5.41) is 23.5. The predicted molar refractivity (Wildman–Crippen MR) is 228 cm³/mol. The number of ether oxygens (including phenoxy) is 1. The number of halogens is 1. The number of aromatic nitrogens is 3. The van der Waals surface area contributed by atoms with E-state index in [9.17, 15) is 29.2 Å². The van der Waals surface area contributed by atoms with Crippen molar-refractivity contribution in [3.63, 3.8) is 0 Å². The SMILES string of the molecule is CC1(C)C(NC(=O)c2ccc(C#CCC3CCN(C(=O)C4CN(c5ccc6nnn(C7CCC(=O)NC7=O)c(=O)c6c5)C4)CC3)cc2)C(C)(C)C1Oc1ccc(C#N)c(Cl)c1. The first-order valence-electron chi connectivity index (χ1n) is 20.7. The highest BCUT2D eigenvalue weighted by Crippen LogP contribution is 2.55. The summed E-state index contributed by atoms with van der Waals surface area (Å²) in [5.41, 5.74) is 1.77. The number of carbonyl (C=O) groups is 4. The Morgan fingerprint density at radius 3 is 2.36 bits per heavy atom. The number of rotatable bonds is 8. The summed E-state index contributed by atoms with van der Waals surface area (Å²) >= 11 is 6.24. The van der Waals surface area contributed by atoms with Crippen molar-refractivity contribution in [2.75, 3.05) is 31.1 Å². The molecule has 15 heteroatoms. The van der Waals surface area contributed by atoms with Gasteiger partial charge in [0.15, 0.2) is 0 Å². The number of anilines is 1. The lowest BCUT2D eigenvalue weighted by Gasteiger charge is -2.63. The van der Waals surface area contributed by atoms with Crippen molar-refractivity contribution in [3.05, 3.63) is 92.7 Å². The van der Waals surface area contributed by atoms with Gasteiger partial charge in [-0.3, -0.25) is 29.3 Å². The lowest BCUT2D eigenvalue weighted by atomic mass is 9.49. The van der Waals surface area contributed by atoms with Gasteiger partial charge in [-0.2, -0.15) is 9.94 Å². The van der Waals surface area contributed by atoms with Crippen molar-refractivity contribution in [3.8, 4) is 23.7 Å². The molecule has 61 heavy (non-hydrogen) atoms. The number of likely N-dealkylation sites (tertiary alicyclic amines) is 1. The highest BCUT2D eigenvalue weighted by atomic mass is 35.5. The fourth-order valence-corrected chi connectivity index (χ4v) is 9.85. The molecule has 1 unspecified atom stereocenters. The van der Waals surface area contributed by atoms with E-state index < -0.39 is 17.5 Å². The number of benzene rings is 3. The molecule has 8 rings (SSSR count). The number of fused-ring (bicyclic) bond motifs is 1. The number of hydrogen-bond donors (Lipinski definition) is 2. The highest BCUT2D eigenvalue weighted by molar-refractivity contribution is 6.31. The molecule has 2 N–H and O–H groups in total. The van der Waals surface area contributed by atoms with E-state index in [4.69, 9.17) is 16.3 Å². The third-order valence-corrected chi connectivity index (χ3v) is 13.2. The number of nitriles is 1. The smallest absolute Gasteiger partial charge is 0.278 e. The van der Waals surface area contributed by atoms with Crippen LogP contribution in [0.15, 0.2) is 65.5 Å². The van der Waals surface area contributed by atoms with Gasteiger partial charge in [0, 0.05) is 78.8 Å². The molecule has 1 atom stereocenters. The van der Waals surface area contributed by atoms with Crippen LogP contribution in [0, 0.1) is 45.8 Å². The van der Waals surface area contributed by atoms with E-state index in [-0.39, 0.29) is 59.5 Å². The van der Waals surface area contributed by atoms with Gasteiger partial charge in [0.05, 0.1) is 21.9 Å². The summed E-state index contributed by atoms with van der Waals surface area (Å²) in [5.74, 6) is 6.44. The molecular weight excluding hydrogens is 796 g/mol. The van der Waals surface area contributed by atoms with Crippen LogP contribution in [0.1, 0.15) is 87.3 Å². The van der Waals surface area contributed by atoms with Crippen molar-refractivity contribution in [2.24, 2.45) is 22.7 Å². The van der Waals surface area contributed by atoms with E-state index in [0.717, 1.165) is 35.2 Å². The number of nitrogens with one attached hydrogen (secondary N) is 2. The second-order valence-electron chi connectivity index (χ2n) is 17.8. The van der Waals surface area contributed by atoms with E-state index in [1.54, 1.807) is 42.5 Å². The molecule has 4 amide bonds. The second-order valence-corrected chi connectivity index (χ2v) is 18.2. The van der Waals surface area contributed by atoms with Gasteiger partial charge in [-0.15, -0.1) is 5.10 Å². The minimum Gasteiger partial charge on any atom is -0.489 e. The normalized spacial score (nSPS) is 22.2. The highest BCUT2D eigenvalue weighted by Gasteiger charge is 2.64. The van der Waals surface area contributed by atoms with Crippen LogP contribution in [-0.2, 0) is 14.4 Å². The summed E-state index contributed by atoms with van der Waals surface area (Å²) in [6.07, 6.45) is 2.58. The average Bonchev–Trinajstić information content (AvgIpc) is 3.22. The van der Waals surface area contributed by atoms with Gasteiger partial charge in [0.2, 0.25) is 11.8 Å². The Labute approximate surface area is 358 Å². The number of piperidine rings is 2. The van der Waals surface area contributed by atoms with E-state index in [1.807, 2.05) is 23.1 Å². The Morgan fingerprint density at radius 2 is 1.69 bits per heavy atom. The number of carbonyl (C=O) groups excluding carboxylic acids is 4. The Balaban J connectivity index is 0.785. The van der Waals surface area contributed by atoms with Gasteiger partial charge in [-0.25, -0.2) is 0 Å². The molecule has 4 aromatic rings. The molecule has 3 saturated heterocycles. The van der Waals surface area contributed by atoms with Crippen LogP contribution in [0.2, 0.25) is 5.02 Å². The summed E-state index contributed by atoms with van der Waals surface area (Å²) in [6, 6.07) is 18.7. The molecule has 0 bridgehead atoms. The Hall–Kier alpha value is -6.25. The van der Waals surface area contributed by atoms with E-state index >= 15 is 0 Å². The van der Waals surface area contributed by atoms with Gasteiger partial charge in [-0.1, -0.05) is 56.4 Å². The van der Waals surface area contributed by atoms with Crippen molar-refractivity contribution in [2.45, 2.75) is 78.0 Å². The number of amides is 4. The summed E-state index contributed by atoms with van der Waals surface area (Å²) in [6.45, 7) is 10.7. The fraction of sp³-hybridized carbons (Fsp3) is 0.435. The largest absolute Gasteiger partial charge is 0.489 e. The molecule has 1 aromatic heterocycles. The van der Waals surface area contributed by atoms with Gasteiger partial charge in [-0.05, 0) is 79.8 Å². The van der Waals surface area contributed by atoms with Crippen LogP contribution in [-0.4, -0.2) is 81.8 Å². The van der Waals surface area contributed by atoms with E-state index in [2.05, 4.69) is 71.5 Å².